The van der Waals surface area contributed by atoms with Crippen molar-refractivity contribution in [1.82, 2.24) is 4.90 Å². The first kappa shape index (κ1) is 8.27. The maximum absolute atomic E-state index is 5.21. The SMILES string of the molecule is C=C/C(=N\C)N1CCOCC1. The molecule has 3 heteroatoms. The lowest BCUT2D eigenvalue weighted by atomic mass is 10.4. The van der Waals surface area contributed by atoms with Gasteiger partial charge in [-0.15, -0.1) is 0 Å². The van der Waals surface area contributed by atoms with Crippen molar-refractivity contribution in [1.29, 1.82) is 0 Å². The van der Waals surface area contributed by atoms with Crippen LogP contribution in [0.15, 0.2) is 17.6 Å². The van der Waals surface area contributed by atoms with E-state index in [4.69, 9.17) is 4.74 Å². The van der Waals surface area contributed by atoms with E-state index in [2.05, 4.69) is 16.5 Å². The van der Waals surface area contributed by atoms with Crippen LogP contribution in [0.3, 0.4) is 0 Å². The largest absolute Gasteiger partial charge is 0.378 e. The summed E-state index contributed by atoms with van der Waals surface area (Å²) in [6, 6.07) is 0. The van der Waals surface area contributed by atoms with Gasteiger partial charge >= 0.3 is 0 Å². The Bertz CT molecular complexity index is 159. The zero-order valence-corrected chi connectivity index (χ0v) is 6.92. The van der Waals surface area contributed by atoms with Crippen molar-refractivity contribution < 1.29 is 4.74 Å². The van der Waals surface area contributed by atoms with E-state index in [1.54, 1.807) is 13.1 Å². The molecule has 0 bridgehead atoms. The number of aliphatic imine (C=N–C) groups is 1. The maximum Gasteiger partial charge on any atom is 0.122 e. The van der Waals surface area contributed by atoms with Gasteiger partial charge in [0.15, 0.2) is 0 Å². The maximum atomic E-state index is 5.21. The zero-order valence-electron chi connectivity index (χ0n) is 6.92. The number of morpholine rings is 1. The molecule has 0 spiro atoms. The molecule has 0 saturated carbocycles. The van der Waals surface area contributed by atoms with E-state index in [0.29, 0.717) is 0 Å². The highest BCUT2D eigenvalue weighted by molar-refractivity contribution is 5.92. The second-order valence-electron chi connectivity index (χ2n) is 2.39. The minimum absolute atomic E-state index is 0.798. The van der Waals surface area contributed by atoms with Crippen molar-refractivity contribution in [2.45, 2.75) is 0 Å². The molecule has 0 unspecified atom stereocenters. The van der Waals surface area contributed by atoms with Gasteiger partial charge in [-0.2, -0.15) is 0 Å². The smallest absolute Gasteiger partial charge is 0.122 e. The van der Waals surface area contributed by atoms with E-state index in [9.17, 15) is 0 Å². The number of rotatable bonds is 1. The third kappa shape index (κ3) is 2.05. The summed E-state index contributed by atoms with van der Waals surface area (Å²) in [6.07, 6.45) is 1.78. The van der Waals surface area contributed by atoms with Crippen LogP contribution in [-0.2, 0) is 4.74 Å². The third-order valence-electron chi connectivity index (χ3n) is 1.75. The second kappa shape index (κ2) is 4.13. The van der Waals surface area contributed by atoms with Crippen LogP contribution in [0.2, 0.25) is 0 Å². The molecule has 0 aliphatic carbocycles. The van der Waals surface area contributed by atoms with Crippen LogP contribution in [-0.4, -0.2) is 44.1 Å². The summed E-state index contributed by atoms with van der Waals surface area (Å²) in [5.74, 6) is 0.966. The molecule has 0 atom stereocenters. The van der Waals surface area contributed by atoms with Crippen molar-refractivity contribution >= 4 is 5.84 Å². The van der Waals surface area contributed by atoms with E-state index < -0.39 is 0 Å². The second-order valence-corrected chi connectivity index (χ2v) is 2.39. The molecule has 0 aromatic carbocycles. The van der Waals surface area contributed by atoms with Crippen LogP contribution in [0.25, 0.3) is 0 Å². The summed E-state index contributed by atoms with van der Waals surface area (Å²) in [5, 5.41) is 0. The molecular formula is C8H14N2O. The zero-order chi connectivity index (χ0) is 8.10. The van der Waals surface area contributed by atoms with E-state index in [1.165, 1.54) is 0 Å². The Hall–Kier alpha value is -0.830. The molecule has 3 nitrogen and oxygen atoms in total. The first-order valence-corrected chi connectivity index (χ1v) is 3.80. The predicted octanol–water partition coefficient (Wildman–Crippen LogP) is 0.533. The lowest BCUT2D eigenvalue weighted by Crippen LogP contribution is -2.39. The normalized spacial score (nSPS) is 20.1. The first-order valence-electron chi connectivity index (χ1n) is 3.80. The molecule has 1 saturated heterocycles. The summed E-state index contributed by atoms with van der Waals surface area (Å²) in [6.45, 7) is 7.15. The highest BCUT2D eigenvalue weighted by Crippen LogP contribution is 1.98. The van der Waals surface area contributed by atoms with Gasteiger partial charge in [0.2, 0.25) is 0 Å². The highest BCUT2D eigenvalue weighted by atomic mass is 16.5. The molecule has 0 N–H and O–H groups in total. The van der Waals surface area contributed by atoms with Gasteiger partial charge in [-0.05, 0) is 6.08 Å². The molecule has 11 heavy (non-hydrogen) atoms. The van der Waals surface area contributed by atoms with Gasteiger partial charge in [0, 0.05) is 20.1 Å². The topological polar surface area (TPSA) is 24.8 Å². The lowest BCUT2D eigenvalue weighted by Gasteiger charge is -2.28. The Balaban J connectivity index is 2.49. The predicted molar refractivity (Wildman–Crippen MR) is 45.9 cm³/mol. The first-order chi connectivity index (χ1) is 5.38. The number of hydrogen-bond acceptors (Lipinski definition) is 2. The average Bonchev–Trinajstić information content (AvgIpc) is 2.09. The Kier molecular flexibility index (Phi) is 3.11. The van der Waals surface area contributed by atoms with Gasteiger partial charge < -0.3 is 9.64 Å². The number of amidine groups is 1. The lowest BCUT2D eigenvalue weighted by molar-refractivity contribution is 0.0684. The summed E-state index contributed by atoms with van der Waals surface area (Å²) in [4.78, 5) is 6.28. The molecule has 1 fully saturated rings. The van der Waals surface area contributed by atoms with Gasteiger partial charge in [0.1, 0.15) is 5.84 Å². The molecule has 1 rings (SSSR count). The van der Waals surface area contributed by atoms with Crippen molar-refractivity contribution in [3.8, 4) is 0 Å². The van der Waals surface area contributed by atoms with E-state index in [-0.39, 0.29) is 0 Å². The average molecular weight is 154 g/mol. The van der Waals surface area contributed by atoms with Crippen molar-refractivity contribution in [3.05, 3.63) is 12.7 Å². The van der Waals surface area contributed by atoms with E-state index >= 15 is 0 Å². The Labute approximate surface area is 67.4 Å². The van der Waals surface area contributed by atoms with Crippen LogP contribution in [0.4, 0.5) is 0 Å². The fourth-order valence-corrected chi connectivity index (χ4v) is 1.15. The number of hydrogen-bond donors (Lipinski definition) is 0. The quantitative estimate of drug-likeness (QED) is 0.406. The standard InChI is InChI=1S/C8H14N2O/c1-3-8(9-2)10-4-6-11-7-5-10/h3H,1,4-7H2,2H3/b9-8+. The van der Waals surface area contributed by atoms with Crippen LogP contribution >= 0.6 is 0 Å². The van der Waals surface area contributed by atoms with Gasteiger partial charge in [-0.3, -0.25) is 4.99 Å². The highest BCUT2D eigenvalue weighted by Gasteiger charge is 2.11. The van der Waals surface area contributed by atoms with Crippen LogP contribution in [0.1, 0.15) is 0 Å². The fourth-order valence-electron chi connectivity index (χ4n) is 1.15. The fraction of sp³-hybridized carbons (Fsp3) is 0.625. The third-order valence-corrected chi connectivity index (χ3v) is 1.75. The minimum atomic E-state index is 0.798. The Morgan fingerprint density at radius 1 is 1.55 bits per heavy atom. The summed E-state index contributed by atoms with van der Waals surface area (Å²) in [7, 11) is 1.78. The minimum Gasteiger partial charge on any atom is -0.378 e. The van der Waals surface area contributed by atoms with Gasteiger partial charge in [-0.1, -0.05) is 6.58 Å². The van der Waals surface area contributed by atoms with Crippen LogP contribution in [0.5, 0.6) is 0 Å². The molecule has 0 radical (unpaired) electrons. The Morgan fingerprint density at radius 3 is 2.64 bits per heavy atom. The number of nitrogens with zero attached hydrogens (tertiary/aromatic N) is 2. The molecule has 0 aromatic rings. The van der Waals surface area contributed by atoms with Crippen LogP contribution in [0, 0.1) is 0 Å². The van der Waals surface area contributed by atoms with E-state index in [0.717, 1.165) is 32.1 Å². The molecular weight excluding hydrogens is 140 g/mol. The van der Waals surface area contributed by atoms with Gasteiger partial charge in [0.25, 0.3) is 0 Å². The van der Waals surface area contributed by atoms with Crippen molar-refractivity contribution in [2.24, 2.45) is 4.99 Å². The molecule has 62 valence electrons. The number of ether oxygens (including phenoxy) is 1. The monoisotopic (exact) mass is 154 g/mol. The van der Waals surface area contributed by atoms with Gasteiger partial charge in [-0.25, -0.2) is 0 Å². The molecule has 1 heterocycles. The molecule has 0 amide bonds. The molecule has 1 aliphatic rings. The summed E-state index contributed by atoms with van der Waals surface area (Å²) < 4.78 is 5.21. The molecule has 0 aromatic heterocycles. The van der Waals surface area contributed by atoms with Crippen molar-refractivity contribution in [2.75, 3.05) is 33.4 Å². The summed E-state index contributed by atoms with van der Waals surface area (Å²) >= 11 is 0. The van der Waals surface area contributed by atoms with Gasteiger partial charge in [0.05, 0.1) is 13.2 Å². The van der Waals surface area contributed by atoms with Crippen LogP contribution < -0.4 is 0 Å². The van der Waals surface area contributed by atoms with E-state index in [1.807, 2.05) is 0 Å². The Morgan fingerprint density at radius 2 is 2.18 bits per heavy atom. The summed E-state index contributed by atoms with van der Waals surface area (Å²) in [5.41, 5.74) is 0. The van der Waals surface area contributed by atoms with Crippen molar-refractivity contribution in [3.63, 3.8) is 0 Å². The molecule has 1 aliphatic heterocycles.